The first-order valence-corrected chi connectivity index (χ1v) is 12.2. The molecule has 0 spiro atoms. The van der Waals surface area contributed by atoms with Crippen LogP contribution < -0.4 is 10.1 Å². The molecule has 190 valence electrons. The van der Waals surface area contributed by atoms with Crippen molar-refractivity contribution in [1.29, 1.82) is 5.26 Å². The van der Waals surface area contributed by atoms with Crippen molar-refractivity contribution in [1.82, 2.24) is 5.32 Å². The predicted molar refractivity (Wildman–Crippen MR) is 141 cm³/mol. The van der Waals surface area contributed by atoms with Crippen LogP contribution >= 0.6 is 11.6 Å². The molecule has 0 aliphatic rings. The van der Waals surface area contributed by atoms with Gasteiger partial charge in [0.1, 0.15) is 6.61 Å². The molecule has 0 aliphatic carbocycles. The zero-order chi connectivity index (χ0) is 26.1. The fourth-order valence-corrected chi connectivity index (χ4v) is 4.18. The number of methoxy groups -OCH3 is 1. The van der Waals surface area contributed by atoms with Crippen LogP contribution in [0.4, 0.5) is 4.39 Å². The number of hydrogen-bond acceptors (Lipinski definition) is 5. The lowest BCUT2D eigenvalue weighted by molar-refractivity contribution is 0.0712. The van der Waals surface area contributed by atoms with Gasteiger partial charge in [0.2, 0.25) is 0 Å². The average molecular weight is 511 g/mol. The number of rotatable bonds is 12. The molecule has 3 aromatic rings. The Kier molecular flexibility index (Phi) is 9.86. The van der Waals surface area contributed by atoms with Gasteiger partial charge in [0.05, 0.1) is 23.8 Å². The number of benzene rings is 3. The fourth-order valence-electron chi connectivity index (χ4n) is 3.97. The first-order valence-electron chi connectivity index (χ1n) is 11.9. The highest BCUT2D eigenvalue weighted by molar-refractivity contribution is 6.33. The van der Waals surface area contributed by atoms with E-state index >= 15 is 4.39 Å². The first kappa shape index (κ1) is 27.6. The van der Waals surface area contributed by atoms with Crippen LogP contribution in [0.25, 0.3) is 11.1 Å². The Labute approximate surface area is 217 Å². The summed E-state index contributed by atoms with van der Waals surface area (Å²) in [6, 6.07) is 20.6. The summed E-state index contributed by atoms with van der Waals surface area (Å²) >= 11 is 6.56. The van der Waals surface area contributed by atoms with E-state index < -0.39 is 11.4 Å². The topological polar surface area (TPSA) is 74.5 Å². The van der Waals surface area contributed by atoms with Crippen molar-refractivity contribution in [2.45, 2.75) is 31.8 Å². The van der Waals surface area contributed by atoms with Crippen LogP contribution in [0.15, 0.2) is 60.7 Å². The molecule has 0 fully saturated rings. The van der Waals surface area contributed by atoms with Gasteiger partial charge in [-0.05, 0) is 62.2 Å². The monoisotopic (exact) mass is 510 g/mol. The van der Waals surface area contributed by atoms with Crippen molar-refractivity contribution in [3.63, 3.8) is 0 Å². The predicted octanol–water partition coefficient (Wildman–Crippen LogP) is 5.93. The maximum atomic E-state index is 15.6. The van der Waals surface area contributed by atoms with Crippen molar-refractivity contribution in [2.24, 2.45) is 0 Å². The van der Waals surface area contributed by atoms with Crippen molar-refractivity contribution >= 4 is 11.6 Å². The Morgan fingerprint density at radius 1 is 1.08 bits per heavy atom. The summed E-state index contributed by atoms with van der Waals surface area (Å²) in [4.78, 5) is 0. The maximum Gasteiger partial charge on any atom is 0.174 e. The van der Waals surface area contributed by atoms with Crippen LogP contribution in [0.1, 0.15) is 42.9 Å². The van der Waals surface area contributed by atoms with Gasteiger partial charge >= 0.3 is 0 Å². The zero-order valence-electron chi connectivity index (χ0n) is 20.9. The van der Waals surface area contributed by atoms with Crippen LogP contribution in [0.3, 0.4) is 0 Å². The van der Waals surface area contributed by atoms with Crippen LogP contribution in [0.2, 0.25) is 5.02 Å². The molecular formula is C29H32ClFN2O3. The van der Waals surface area contributed by atoms with E-state index in [4.69, 9.17) is 21.1 Å². The molecule has 3 aromatic carbocycles. The smallest absolute Gasteiger partial charge is 0.174 e. The van der Waals surface area contributed by atoms with Gasteiger partial charge in [-0.15, -0.1) is 0 Å². The van der Waals surface area contributed by atoms with E-state index in [2.05, 4.69) is 11.4 Å². The summed E-state index contributed by atoms with van der Waals surface area (Å²) in [6.45, 7) is 5.30. The summed E-state index contributed by atoms with van der Waals surface area (Å²) in [5.41, 5.74) is 1.96. The van der Waals surface area contributed by atoms with E-state index in [1.165, 1.54) is 19.2 Å². The molecule has 0 amide bonds. The molecule has 0 aromatic heterocycles. The number of nitrogens with zero attached hydrogens (tertiary/aromatic N) is 1. The summed E-state index contributed by atoms with van der Waals surface area (Å²) in [5, 5.41) is 23.5. The van der Waals surface area contributed by atoms with Gasteiger partial charge in [-0.25, -0.2) is 4.39 Å². The number of nitriles is 1. The minimum Gasteiger partial charge on any atom is -0.488 e. The molecule has 5 nitrogen and oxygen atoms in total. The van der Waals surface area contributed by atoms with Gasteiger partial charge in [0.25, 0.3) is 0 Å². The van der Waals surface area contributed by atoms with Crippen molar-refractivity contribution in [3.8, 4) is 22.9 Å². The van der Waals surface area contributed by atoms with Gasteiger partial charge in [0.15, 0.2) is 11.6 Å². The van der Waals surface area contributed by atoms with E-state index in [0.717, 1.165) is 11.1 Å². The highest BCUT2D eigenvalue weighted by atomic mass is 35.5. The third-order valence-electron chi connectivity index (χ3n) is 5.90. The SMILES string of the molecule is COCCOc1ccc(C#N)c(-c2cc(C(CNCCC(C)(C)O)c3ccccc3)ccc2Cl)c1F. The highest BCUT2D eigenvalue weighted by Gasteiger charge is 2.22. The van der Waals surface area contributed by atoms with Crippen LogP contribution in [-0.2, 0) is 4.74 Å². The molecule has 1 unspecified atom stereocenters. The van der Waals surface area contributed by atoms with E-state index in [0.29, 0.717) is 36.7 Å². The van der Waals surface area contributed by atoms with Crippen LogP contribution in [-0.4, -0.2) is 44.1 Å². The van der Waals surface area contributed by atoms with Gasteiger partial charge in [-0.3, -0.25) is 0 Å². The Morgan fingerprint density at radius 3 is 2.50 bits per heavy atom. The summed E-state index contributed by atoms with van der Waals surface area (Å²) in [6.07, 6.45) is 0.604. The lowest BCUT2D eigenvalue weighted by atomic mass is 9.88. The van der Waals surface area contributed by atoms with Crippen LogP contribution in [0, 0.1) is 17.1 Å². The van der Waals surface area contributed by atoms with Crippen molar-refractivity contribution < 1.29 is 19.0 Å². The summed E-state index contributed by atoms with van der Waals surface area (Å²) < 4.78 is 26.1. The molecule has 3 rings (SSSR count). The van der Waals surface area contributed by atoms with E-state index in [1.54, 1.807) is 19.9 Å². The van der Waals surface area contributed by atoms with Gasteiger partial charge in [-0.2, -0.15) is 5.26 Å². The molecule has 1 atom stereocenters. The second-order valence-electron chi connectivity index (χ2n) is 9.22. The van der Waals surface area contributed by atoms with E-state index in [1.807, 2.05) is 42.5 Å². The lowest BCUT2D eigenvalue weighted by Crippen LogP contribution is -2.29. The standard InChI is InChI=1S/C29H32ClFN2O3/c1-29(2,34)13-14-33-19-24(20-7-5-4-6-8-20)21-9-11-25(30)23(17-21)27-22(18-32)10-12-26(28(27)31)36-16-15-35-3/h4-12,17,24,33-34H,13-16,19H2,1-3H3. The molecule has 2 N–H and O–H groups in total. The van der Waals surface area contributed by atoms with Crippen LogP contribution in [0.5, 0.6) is 5.75 Å². The Hall–Kier alpha value is -2.95. The zero-order valence-corrected chi connectivity index (χ0v) is 21.6. The largest absolute Gasteiger partial charge is 0.488 e. The second-order valence-corrected chi connectivity index (χ2v) is 9.63. The molecule has 7 heteroatoms. The average Bonchev–Trinajstić information content (AvgIpc) is 2.85. The molecule has 0 saturated carbocycles. The Bertz CT molecular complexity index is 1190. The third kappa shape index (κ3) is 7.28. The number of ether oxygens (including phenoxy) is 2. The molecule has 0 aliphatic heterocycles. The quantitative estimate of drug-likeness (QED) is 0.296. The van der Waals surface area contributed by atoms with Crippen molar-refractivity contribution in [3.05, 3.63) is 88.2 Å². The first-order chi connectivity index (χ1) is 17.2. The second kappa shape index (κ2) is 12.8. The summed E-state index contributed by atoms with van der Waals surface area (Å²) in [7, 11) is 1.54. The lowest BCUT2D eigenvalue weighted by Gasteiger charge is -2.22. The third-order valence-corrected chi connectivity index (χ3v) is 6.23. The normalized spacial score (nSPS) is 12.2. The minimum absolute atomic E-state index is 0.0374. The number of nitrogens with one attached hydrogen (secondary N) is 1. The van der Waals surface area contributed by atoms with E-state index in [9.17, 15) is 10.4 Å². The number of aliphatic hydroxyl groups is 1. The molecule has 0 radical (unpaired) electrons. The highest BCUT2D eigenvalue weighted by Crippen LogP contribution is 2.39. The summed E-state index contributed by atoms with van der Waals surface area (Å²) in [5.74, 6) is -0.655. The van der Waals surface area contributed by atoms with E-state index in [-0.39, 0.29) is 29.4 Å². The molecule has 0 heterocycles. The van der Waals surface area contributed by atoms with Gasteiger partial charge < -0.3 is 19.9 Å². The maximum absolute atomic E-state index is 15.6. The fraction of sp³-hybridized carbons (Fsp3) is 0.345. The molecule has 0 saturated heterocycles. The molecule has 0 bridgehead atoms. The van der Waals surface area contributed by atoms with Gasteiger partial charge in [0, 0.05) is 35.7 Å². The Morgan fingerprint density at radius 2 is 1.83 bits per heavy atom. The molecule has 36 heavy (non-hydrogen) atoms. The number of hydrogen-bond donors (Lipinski definition) is 2. The Balaban J connectivity index is 2.01. The molecular weight excluding hydrogens is 479 g/mol. The van der Waals surface area contributed by atoms with Gasteiger partial charge in [-0.1, -0.05) is 48.0 Å². The minimum atomic E-state index is -0.760. The van der Waals surface area contributed by atoms with Crippen molar-refractivity contribution in [2.75, 3.05) is 33.4 Å². The number of halogens is 2.